The van der Waals surface area contributed by atoms with E-state index in [1.807, 2.05) is 0 Å². The number of carbonyl (C=O) groups is 1. The summed E-state index contributed by atoms with van der Waals surface area (Å²) in [5.41, 5.74) is 0.758. The summed E-state index contributed by atoms with van der Waals surface area (Å²) in [6, 6.07) is 5.01. The van der Waals surface area contributed by atoms with Crippen molar-refractivity contribution in [2.45, 2.75) is 6.42 Å². The smallest absolute Gasteiger partial charge is 0.310 e. The van der Waals surface area contributed by atoms with E-state index in [0.29, 0.717) is 16.5 Å². The van der Waals surface area contributed by atoms with Crippen molar-refractivity contribution in [3.05, 3.63) is 46.5 Å². The molecule has 0 aliphatic carbocycles. The molecular weight excluding hydrogens is 235 g/mol. The monoisotopic (exact) mass is 244 g/mol. The molecule has 0 heterocycles. The van der Waals surface area contributed by atoms with Crippen LogP contribution in [0.15, 0.2) is 30.9 Å². The predicted octanol–water partition coefficient (Wildman–Crippen LogP) is 3.42. The van der Waals surface area contributed by atoms with Crippen LogP contribution in [-0.2, 0) is 11.2 Å². The molecule has 4 heteroatoms. The van der Waals surface area contributed by atoms with Gasteiger partial charge in [-0.15, -0.1) is 6.58 Å². The first kappa shape index (κ1) is 12.1. The molecule has 0 aromatic heterocycles. The zero-order valence-corrected chi connectivity index (χ0v) is 9.42. The lowest BCUT2D eigenvalue weighted by atomic mass is 10.00. The molecule has 0 amide bonds. The van der Waals surface area contributed by atoms with Gasteiger partial charge in [-0.3, -0.25) is 4.79 Å². The van der Waals surface area contributed by atoms with Crippen molar-refractivity contribution in [1.29, 1.82) is 0 Å². The lowest BCUT2D eigenvalue weighted by Gasteiger charge is -2.08. The zero-order chi connectivity index (χ0) is 11.4. The van der Waals surface area contributed by atoms with Gasteiger partial charge in [0, 0.05) is 10.0 Å². The van der Waals surface area contributed by atoms with E-state index >= 15 is 0 Å². The maximum absolute atomic E-state index is 10.8. The van der Waals surface area contributed by atoms with E-state index in [1.165, 1.54) is 6.08 Å². The molecule has 0 radical (unpaired) electrons. The molecule has 0 saturated heterocycles. The fourth-order valence-electron chi connectivity index (χ4n) is 1.20. The first-order valence-electron chi connectivity index (χ1n) is 4.34. The van der Waals surface area contributed by atoms with Crippen molar-refractivity contribution in [2.75, 3.05) is 0 Å². The second-order valence-corrected chi connectivity index (χ2v) is 3.96. The van der Waals surface area contributed by atoms with Crippen LogP contribution in [0.25, 0.3) is 0 Å². The highest BCUT2D eigenvalue weighted by Crippen LogP contribution is 2.23. The first-order chi connectivity index (χ1) is 7.04. The number of hydrogen-bond acceptors (Lipinski definition) is 1. The Balaban J connectivity index is 2.88. The largest absolute Gasteiger partial charge is 0.481 e. The molecule has 0 bridgehead atoms. The van der Waals surface area contributed by atoms with Crippen molar-refractivity contribution in [3.8, 4) is 0 Å². The number of aliphatic carboxylic acids is 1. The molecule has 0 unspecified atom stereocenters. The summed E-state index contributed by atoms with van der Waals surface area (Å²) in [7, 11) is 0. The minimum Gasteiger partial charge on any atom is -0.481 e. The third-order valence-electron chi connectivity index (χ3n) is 2.06. The van der Waals surface area contributed by atoms with Gasteiger partial charge in [0.2, 0.25) is 0 Å². The zero-order valence-electron chi connectivity index (χ0n) is 7.91. The van der Waals surface area contributed by atoms with Crippen LogP contribution in [0.2, 0.25) is 10.0 Å². The second-order valence-electron chi connectivity index (χ2n) is 3.12. The molecule has 0 fully saturated rings. The van der Waals surface area contributed by atoms with Crippen LogP contribution in [0, 0.1) is 5.92 Å². The average molecular weight is 245 g/mol. The quantitative estimate of drug-likeness (QED) is 0.825. The highest BCUT2D eigenvalue weighted by atomic mass is 35.5. The molecule has 80 valence electrons. The van der Waals surface area contributed by atoms with Crippen LogP contribution >= 0.6 is 23.2 Å². The molecule has 0 spiro atoms. The third-order valence-corrected chi connectivity index (χ3v) is 2.64. The van der Waals surface area contributed by atoms with E-state index in [2.05, 4.69) is 6.58 Å². The summed E-state index contributed by atoms with van der Waals surface area (Å²) < 4.78 is 0. The van der Waals surface area contributed by atoms with Gasteiger partial charge in [-0.25, -0.2) is 0 Å². The van der Waals surface area contributed by atoms with Gasteiger partial charge >= 0.3 is 5.97 Å². The Morgan fingerprint density at radius 3 is 2.67 bits per heavy atom. The molecule has 0 aliphatic rings. The van der Waals surface area contributed by atoms with E-state index in [4.69, 9.17) is 28.3 Å². The Morgan fingerprint density at radius 2 is 2.20 bits per heavy atom. The molecule has 0 saturated carbocycles. The molecule has 1 rings (SSSR count). The summed E-state index contributed by atoms with van der Waals surface area (Å²) in [5.74, 6) is -1.53. The maximum Gasteiger partial charge on any atom is 0.310 e. The van der Waals surface area contributed by atoms with Crippen molar-refractivity contribution in [1.82, 2.24) is 0 Å². The van der Waals surface area contributed by atoms with Crippen LogP contribution in [0.4, 0.5) is 0 Å². The van der Waals surface area contributed by atoms with Crippen LogP contribution in [0.1, 0.15) is 5.56 Å². The number of hydrogen-bond donors (Lipinski definition) is 1. The van der Waals surface area contributed by atoms with E-state index in [1.54, 1.807) is 18.2 Å². The Kier molecular flexibility index (Phi) is 4.18. The van der Waals surface area contributed by atoms with Crippen LogP contribution < -0.4 is 0 Å². The highest BCUT2D eigenvalue weighted by Gasteiger charge is 2.15. The maximum atomic E-state index is 10.8. The van der Waals surface area contributed by atoms with E-state index in [9.17, 15) is 4.79 Å². The SMILES string of the molecule is C=C[C@H](Cc1ccc(Cl)cc1Cl)C(=O)O. The standard InChI is InChI=1S/C11H10Cl2O2/c1-2-7(11(14)15)5-8-3-4-9(12)6-10(8)13/h2-4,6-7H,1,5H2,(H,14,15)/t7-/m1/s1. The van der Waals surface area contributed by atoms with E-state index in [0.717, 1.165) is 5.56 Å². The number of benzene rings is 1. The Bertz CT molecular complexity index is 388. The third kappa shape index (κ3) is 3.26. The minimum absolute atomic E-state index is 0.328. The van der Waals surface area contributed by atoms with Crippen molar-refractivity contribution < 1.29 is 9.90 Å². The number of halogens is 2. The molecule has 1 atom stereocenters. The minimum atomic E-state index is -0.906. The van der Waals surface area contributed by atoms with Gasteiger partial charge in [0.25, 0.3) is 0 Å². The molecule has 0 aliphatic heterocycles. The van der Waals surface area contributed by atoms with E-state index < -0.39 is 11.9 Å². The number of carboxylic acid groups (broad SMARTS) is 1. The fraction of sp³-hybridized carbons (Fsp3) is 0.182. The normalized spacial score (nSPS) is 12.1. The lowest BCUT2D eigenvalue weighted by molar-refractivity contribution is -0.140. The van der Waals surface area contributed by atoms with Gasteiger partial charge in [-0.1, -0.05) is 35.3 Å². The lowest BCUT2D eigenvalue weighted by Crippen LogP contribution is -2.13. The fourth-order valence-corrected chi connectivity index (χ4v) is 1.68. The molecule has 15 heavy (non-hydrogen) atoms. The van der Waals surface area contributed by atoms with Crippen LogP contribution in [-0.4, -0.2) is 11.1 Å². The number of carboxylic acids is 1. The van der Waals surface area contributed by atoms with Crippen molar-refractivity contribution in [2.24, 2.45) is 5.92 Å². The van der Waals surface area contributed by atoms with E-state index in [-0.39, 0.29) is 0 Å². The van der Waals surface area contributed by atoms with Gasteiger partial charge in [0.05, 0.1) is 5.92 Å². The summed E-state index contributed by atoms with van der Waals surface area (Å²) in [5, 5.41) is 9.86. The summed E-state index contributed by atoms with van der Waals surface area (Å²) in [6.45, 7) is 3.48. The Hall–Kier alpha value is -0.990. The highest BCUT2D eigenvalue weighted by molar-refractivity contribution is 6.35. The molecule has 2 nitrogen and oxygen atoms in total. The van der Waals surface area contributed by atoms with Crippen LogP contribution in [0.5, 0.6) is 0 Å². The van der Waals surface area contributed by atoms with Crippen LogP contribution in [0.3, 0.4) is 0 Å². The van der Waals surface area contributed by atoms with Crippen molar-refractivity contribution in [3.63, 3.8) is 0 Å². The second kappa shape index (κ2) is 5.19. The van der Waals surface area contributed by atoms with Gasteiger partial charge in [-0.2, -0.15) is 0 Å². The first-order valence-corrected chi connectivity index (χ1v) is 5.09. The van der Waals surface area contributed by atoms with Gasteiger partial charge < -0.3 is 5.11 Å². The topological polar surface area (TPSA) is 37.3 Å². The van der Waals surface area contributed by atoms with Gasteiger partial charge in [0.1, 0.15) is 0 Å². The Morgan fingerprint density at radius 1 is 1.53 bits per heavy atom. The summed E-state index contributed by atoms with van der Waals surface area (Å²) >= 11 is 11.7. The van der Waals surface area contributed by atoms with Gasteiger partial charge in [0.15, 0.2) is 0 Å². The molecule has 1 aromatic rings. The molecule has 1 aromatic carbocycles. The Labute approximate surface area is 98.1 Å². The molecular formula is C11H10Cl2O2. The summed E-state index contributed by atoms with van der Waals surface area (Å²) in [4.78, 5) is 10.8. The molecule has 1 N–H and O–H groups in total. The average Bonchev–Trinajstić information content (AvgIpc) is 2.16. The summed E-state index contributed by atoms with van der Waals surface area (Å²) in [6.07, 6.45) is 1.72. The van der Waals surface area contributed by atoms with Crippen molar-refractivity contribution >= 4 is 29.2 Å². The predicted molar refractivity (Wildman–Crippen MR) is 61.5 cm³/mol. The number of rotatable bonds is 4. The van der Waals surface area contributed by atoms with Gasteiger partial charge in [-0.05, 0) is 24.1 Å².